The van der Waals surface area contributed by atoms with Crippen molar-refractivity contribution in [3.05, 3.63) is 15.0 Å². The maximum absolute atomic E-state index is 12.4. The highest BCUT2D eigenvalue weighted by Crippen LogP contribution is 2.39. The van der Waals surface area contributed by atoms with Gasteiger partial charge in [0.15, 0.2) is 6.10 Å². The Labute approximate surface area is 157 Å². The van der Waals surface area contributed by atoms with Gasteiger partial charge in [-0.05, 0) is 36.7 Å². The molecule has 1 aromatic rings. The number of hydrogen-bond donors (Lipinski definition) is 0. The molecule has 2 heterocycles. The van der Waals surface area contributed by atoms with E-state index >= 15 is 0 Å². The fraction of sp³-hybridized carbons (Fsp3) is 0.615. The van der Waals surface area contributed by atoms with Crippen molar-refractivity contribution in [2.45, 2.75) is 45.4 Å². The zero-order valence-corrected chi connectivity index (χ0v) is 17.1. The first-order chi connectivity index (χ1) is 11.4. The lowest BCUT2D eigenvalue weighted by atomic mass is 10.2. The quantitative estimate of drug-likeness (QED) is 0.636. The Morgan fingerprint density at radius 1 is 1.44 bits per heavy atom. The van der Waals surface area contributed by atoms with Gasteiger partial charge in [0.05, 0.1) is 0 Å². The third-order valence-corrected chi connectivity index (χ3v) is 5.85. The maximum Gasteiger partial charge on any atom is 0.426 e. The lowest BCUT2D eigenvalue weighted by Crippen LogP contribution is -2.45. The van der Waals surface area contributed by atoms with Gasteiger partial charge in [-0.25, -0.2) is 14.0 Å². The predicted molar refractivity (Wildman–Crippen MR) is 91.1 cm³/mol. The topological polar surface area (TPSA) is 112 Å². The molecule has 1 amide bonds. The van der Waals surface area contributed by atoms with E-state index in [1.54, 1.807) is 26.2 Å². The van der Waals surface area contributed by atoms with Crippen molar-refractivity contribution in [2.24, 2.45) is 0 Å². The van der Waals surface area contributed by atoms with E-state index in [1.165, 1.54) is 6.92 Å². The number of ether oxygens (including phenoxy) is 2. The Morgan fingerprint density at radius 2 is 2.08 bits per heavy atom. The highest BCUT2D eigenvalue weighted by atomic mass is 79.9. The summed E-state index contributed by atoms with van der Waals surface area (Å²) in [6.07, 6.45) is -2.21. The normalized spacial score (nSPS) is 22.7. The van der Waals surface area contributed by atoms with E-state index in [2.05, 4.69) is 20.9 Å². The van der Waals surface area contributed by atoms with Crippen molar-refractivity contribution in [3.8, 4) is 0 Å². The highest BCUT2D eigenvalue weighted by Gasteiger charge is 2.53. The Bertz CT molecular complexity index is 772. The van der Waals surface area contributed by atoms with Gasteiger partial charge in [0, 0.05) is 12.3 Å². The smallest absolute Gasteiger partial charge is 0.426 e. The van der Waals surface area contributed by atoms with Gasteiger partial charge in [-0.15, -0.1) is 11.3 Å². The molecule has 1 aliphatic heterocycles. The molecule has 0 saturated carbocycles. The average Bonchev–Trinajstić information content (AvgIpc) is 2.95. The first-order valence-electron chi connectivity index (χ1n) is 7.10. The number of nitrogens with zero attached hydrogens (tertiary/aromatic N) is 2. The molecule has 2 rings (SSSR count). The lowest BCUT2D eigenvalue weighted by molar-refractivity contribution is -0.142. The summed E-state index contributed by atoms with van der Waals surface area (Å²) < 4.78 is 40.8. The molecule has 1 aliphatic rings. The zero-order chi connectivity index (χ0) is 19.0. The van der Waals surface area contributed by atoms with Gasteiger partial charge in [0.25, 0.3) is 0 Å². The van der Waals surface area contributed by atoms with Crippen LogP contribution < -0.4 is 0 Å². The summed E-state index contributed by atoms with van der Waals surface area (Å²) >= 11 is 4.32. The number of esters is 1. The first-order valence-corrected chi connectivity index (χ1v) is 10.1. The van der Waals surface area contributed by atoms with E-state index in [4.69, 9.17) is 13.7 Å². The van der Waals surface area contributed by atoms with Crippen LogP contribution in [0.15, 0.2) is 9.98 Å². The van der Waals surface area contributed by atoms with Crippen LogP contribution >= 0.6 is 27.3 Å². The summed E-state index contributed by atoms with van der Waals surface area (Å²) in [4.78, 5) is 27.7. The Morgan fingerprint density at radius 3 is 2.56 bits per heavy atom. The number of halogens is 1. The second-order valence-corrected chi connectivity index (χ2v) is 9.27. The summed E-state index contributed by atoms with van der Waals surface area (Å²) in [5.74, 6) is -0.618. The summed E-state index contributed by atoms with van der Waals surface area (Å²) in [5, 5.41) is 1.96. The average molecular weight is 457 g/mol. The van der Waals surface area contributed by atoms with E-state index < -0.39 is 40.1 Å². The fourth-order valence-corrected chi connectivity index (χ4v) is 4.73. The summed E-state index contributed by atoms with van der Waals surface area (Å²) in [6, 6.07) is -1.12. The molecule has 0 spiro atoms. The third-order valence-electron chi connectivity index (χ3n) is 2.88. The predicted octanol–water partition coefficient (Wildman–Crippen LogP) is 2.39. The molecule has 0 unspecified atom stereocenters. The van der Waals surface area contributed by atoms with Crippen LogP contribution in [-0.4, -0.2) is 48.0 Å². The minimum absolute atomic E-state index is 0.318. The van der Waals surface area contributed by atoms with Gasteiger partial charge in [0.2, 0.25) is 0 Å². The molecular formula is C13H17BrN2O7S2. The number of aromatic nitrogens is 1. The van der Waals surface area contributed by atoms with Crippen LogP contribution in [0.2, 0.25) is 0 Å². The van der Waals surface area contributed by atoms with E-state index in [-0.39, 0.29) is 6.61 Å². The van der Waals surface area contributed by atoms with Gasteiger partial charge in [0.1, 0.15) is 27.9 Å². The standard InChI is InChI=1S/C13H17BrN2O7S2/c1-7(17)21-5-8-10(11-15-9(14)6-24-11)23-25(19,20)16(8)12(18)22-13(2,3)4/h6,8,10H,5H2,1-4H3/t8-,10-/m1/s1. The van der Waals surface area contributed by atoms with E-state index in [0.29, 0.717) is 13.9 Å². The summed E-state index contributed by atoms with van der Waals surface area (Å²) in [7, 11) is -4.42. The highest BCUT2D eigenvalue weighted by molar-refractivity contribution is 9.10. The van der Waals surface area contributed by atoms with Crippen LogP contribution in [0.25, 0.3) is 0 Å². The van der Waals surface area contributed by atoms with Crippen LogP contribution in [0.3, 0.4) is 0 Å². The number of carbonyl (C=O) groups excluding carboxylic acids is 2. The van der Waals surface area contributed by atoms with E-state index in [9.17, 15) is 18.0 Å². The first kappa shape index (κ1) is 20.1. The third kappa shape index (κ3) is 4.90. The number of rotatable bonds is 3. The second kappa shape index (κ2) is 7.17. The minimum atomic E-state index is -4.42. The largest absolute Gasteiger partial charge is 0.464 e. The van der Waals surface area contributed by atoms with Crippen LogP contribution in [0, 0.1) is 0 Å². The van der Waals surface area contributed by atoms with Crippen LogP contribution in [0.1, 0.15) is 38.8 Å². The molecule has 1 saturated heterocycles. The number of hydrogen-bond acceptors (Lipinski definition) is 9. The molecule has 0 aromatic carbocycles. The lowest BCUT2D eigenvalue weighted by Gasteiger charge is -2.26. The van der Waals surface area contributed by atoms with Gasteiger partial charge < -0.3 is 9.47 Å². The Hall–Kier alpha value is -1.24. The van der Waals surface area contributed by atoms with Gasteiger partial charge >= 0.3 is 22.4 Å². The van der Waals surface area contributed by atoms with E-state index in [1.807, 2.05) is 0 Å². The van der Waals surface area contributed by atoms with Gasteiger partial charge in [-0.2, -0.15) is 12.7 Å². The molecule has 1 fully saturated rings. The molecule has 2 atom stereocenters. The molecule has 0 bridgehead atoms. The second-order valence-electron chi connectivity index (χ2n) is 6.13. The van der Waals surface area contributed by atoms with Gasteiger partial charge in [-0.3, -0.25) is 4.79 Å². The number of amides is 1. The van der Waals surface area contributed by atoms with Crippen LogP contribution in [0.5, 0.6) is 0 Å². The van der Waals surface area contributed by atoms with Crippen LogP contribution in [-0.2, 0) is 28.8 Å². The summed E-state index contributed by atoms with van der Waals surface area (Å²) in [6.45, 7) is 5.60. The molecule has 25 heavy (non-hydrogen) atoms. The van der Waals surface area contributed by atoms with Crippen molar-refractivity contribution in [1.29, 1.82) is 0 Å². The molecular weight excluding hydrogens is 440 g/mol. The van der Waals surface area contributed by atoms with Crippen molar-refractivity contribution < 1.29 is 31.7 Å². The molecule has 140 valence electrons. The van der Waals surface area contributed by atoms with Crippen molar-refractivity contribution in [1.82, 2.24) is 9.29 Å². The van der Waals surface area contributed by atoms with Crippen molar-refractivity contribution in [3.63, 3.8) is 0 Å². The molecule has 12 heteroatoms. The Balaban J connectivity index is 2.39. The van der Waals surface area contributed by atoms with Crippen molar-refractivity contribution in [2.75, 3.05) is 6.61 Å². The molecule has 9 nitrogen and oxygen atoms in total. The minimum Gasteiger partial charge on any atom is -0.464 e. The Kier molecular flexibility index (Phi) is 5.76. The van der Waals surface area contributed by atoms with Gasteiger partial charge in [-0.1, -0.05) is 0 Å². The molecule has 1 aromatic heterocycles. The number of carbonyl (C=O) groups is 2. The zero-order valence-electron chi connectivity index (χ0n) is 13.9. The molecule has 0 aliphatic carbocycles. The monoisotopic (exact) mass is 456 g/mol. The maximum atomic E-state index is 12.4. The SMILES string of the molecule is CC(=O)OC[C@@H]1[C@H](c2nc(Br)cs2)OS(=O)(=O)N1C(=O)OC(C)(C)C. The van der Waals surface area contributed by atoms with E-state index in [0.717, 1.165) is 11.3 Å². The molecule has 0 radical (unpaired) electrons. The molecule has 0 N–H and O–H groups in total. The van der Waals surface area contributed by atoms with Crippen LogP contribution in [0.4, 0.5) is 4.79 Å². The summed E-state index contributed by atoms with van der Waals surface area (Å²) in [5.41, 5.74) is -0.916. The number of thiazole rings is 1. The fourth-order valence-electron chi connectivity index (χ4n) is 2.03. The van der Waals surface area contributed by atoms with Crippen molar-refractivity contribution >= 4 is 49.6 Å².